The molecule has 0 atom stereocenters. The highest BCUT2D eigenvalue weighted by molar-refractivity contribution is 14.0. The fourth-order valence-corrected chi connectivity index (χ4v) is 2.78. The van der Waals surface area contributed by atoms with E-state index < -0.39 is 0 Å². The summed E-state index contributed by atoms with van der Waals surface area (Å²) in [5, 5.41) is 6.39. The molecule has 2 aromatic heterocycles. The fourth-order valence-electron chi connectivity index (χ4n) is 2.43. The molecule has 0 aliphatic carbocycles. The first-order chi connectivity index (χ1) is 12.0. The van der Waals surface area contributed by atoms with Crippen LogP contribution in [0, 0.1) is 12.7 Å². The van der Waals surface area contributed by atoms with E-state index in [4.69, 9.17) is 0 Å². The molecule has 2 heterocycles. The number of aromatic nitrogens is 2. The van der Waals surface area contributed by atoms with E-state index in [1.54, 1.807) is 20.0 Å². The monoisotopic (exact) mass is 531 g/mol. The number of imidazole rings is 1. The topological polar surface area (TPSA) is 53.7 Å². The molecular formula is C18H20BrFIN5. The van der Waals surface area contributed by atoms with Crippen molar-refractivity contribution in [3.63, 3.8) is 0 Å². The average Bonchev–Trinajstić information content (AvgIpc) is 3.00. The highest BCUT2D eigenvalue weighted by Crippen LogP contribution is 2.12. The van der Waals surface area contributed by atoms with Gasteiger partial charge in [0.1, 0.15) is 11.5 Å². The van der Waals surface area contributed by atoms with Crippen LogP contribution in [-0.2, 0) is 13.1 Å². The Morgan fingerprint density at radius 3 is 2.69 bits per heavy atom. The molecule has 2 N–H and O–H groups in total. The van der Waals surface area contributed by atoms with Crippen LogP contribution < -0.4 is 10.6 Å². The number of guanidine groups is 1. The summed E-state index contributed by atoms with van der Waals surface area (Å²) in [5.41, 5.74) is 3.30. The number of hydrogen-bond acceptors (Lipinski definition) is 2. The molecule has 8 heteroatoms. The first kappa shape index (κ1) is 20.6. The number of pyridine rings is 1. The SMILES string of the molecule is CN=C(NCc1ccc(C)c(F)c1)NCc1cn2cc(Br)ccc2n1.I. The molecule has 0 fully saturated rings. The van der Waals surface area contributed by atoms with E-state index in [0.717, 1.165) is 21.4 Å². The minimum Gasteiger partial charge on any atom is -0.352 e. The molecule has 0 spiro atoms. The summed E-state index contributed by atoms with van der Waals surface area (Å²) in [6.45, 7) is 2.79. The summed E-state index contributed by atoms with van der Waals surface area (Å²) < 4.78 is 16.6. The molecule has 0 unspecified atom stereocenters. The lowest BCUT2D eigenvalue weighted by Crippen LogP contribution is -2.36. The van der Waals surface area contributed by atoms with E-state index in [-0.39, 0.29) is 29.8 Å². The zero-order valence-corrected chi connectivity index (χ0v) is 18.4. The van der Waals surface area contributed by atoms with E-state index in [9.17, 15) is 4.39 Å². The van der Waals surface area contributed by atoms with Crippen molar-refractivity contribution in [2.24, 2.45) is 4.99 Å². The van der Waals surface area contributed by atoms with E-state index in [0.29, 0.717) is 24.6 Å². The molecule has 138 valence electrons. The van der Waals surface area contributed by atoms with Gasteiger partial charge in [-0.1, -0.05) is 12.1 Å². The van der Waals surface area contributed by atoms with E-state index >= 15 is 0 Å². The molecule has 0 aliphatic heterocycles. The second-order valence-electron chi connectivity index (χ2n) is 5.71. The maximum absolute atomic E-state index is 13.6. The molecule has 5 nitrogen and oxygen atoms in total. The van der Waals surface area contributed by atoms with Crippen LogP contribution in [0.4, 0.5) is 4.39 Å². The minimum absolute atomic E-state index is 0. The molecule has 3 aromatic rings. The van der Waals surface area contributed by atoms with Crippen molar-refractivity contribution in [1.29, 1.82) is 0 Å². The van der Waals surface area contributed by atoms with E-state index in [2.05, 4.69) is 36.5 Å². The van der Waals surface area contributed by atoms with Gasteiger partial charge in [-0.2, -0.15) is 0 Å². The first-order valence-electron chi connectivity index (χ1n) is 7.88. The highest BCUT2D eigenvalue weighted by Gasteiger charge is 2.05. The zero-order valence-electron chi connectivity index (χ0n) is 14.5. The van der Waals surface area contributed by atoms with Crippen molar-refractivity contribution in [1.82, 2.24) is 20.0 Å². The molecule has 0 amide bonds. The van der Waals surface area contributed by atoms with Crippen LogP contribution >= 0.6 is 39.9 Å². The van der Waals surface area contributed by atoms with Crippen molar-refractivity contribution in [3.05, 3.63) is 69.8 Å². The van der Waals surface area contributed by atoms with Gasteiger partial charge in [0.2, 0.25) is 0 Å². The van der Waals surface area contributed by atoms with Gasteiger partial charge in [0, 0.05) is 30.5 Å². The Morgan fingerprint density at radius 2 is 1.96 bits per heavy atom. The molecule has 0 radical (unpaired) electrons. The second-order valence-corrected chi connectivity index (χ2v) is 6.62. The Bertz CT molecular complexity index is 925. The number of nitrogens with zero attached hydrogens (tertiary/aromatic N) is 3. The van der Waals surface area contributed by atoms with Crippen molar-refractivity contribution in [3.8, 4) is 0 Å². The van der Waals surface area contributed by atoms with Crippen molar-refractivity contribution >= 4 is 51.5 Å². The molecular weight excluding hydrogens is 512 g/mol. The number of aryl methyl sites for hydroxylation is 1. The molecule has 26 heavy (non-hydrogen) atoms. The molecule has 0 aliphatic rings. The second kappa shape index (κ2) is 9.31. The third kappa shape index (κ3) is 5.16. The van der Waals surface area contributed by atoms with Crippen LogP contribution in [0.5, 0.6) is 0 Å². The lowest BCUT2D eigenvalue weighted by molar-refractivity contribution is 0.615. The smallest absolute Gasteiger partial charge is 0.191 e. The van der Waals surface area contributed by atoms with Gasteiger partial charge in [0.05, 0.1) is 12.2 Å². The van der Waals surface area contributed by atoms with Crippen LogP contribution in [-0.4, -0.2) is 22.4 Å². The highest BCUT2D eigenvalue weighted by atomic mass is 127. The van der Waals surface area contributed by atoms with Gasteiger partial charge in [0.15, 0.2) is 5.96 Å². The predicted octanol–water partition coefficient (Wildman–Crippen LogP) is 4.03. The van der Waals surface area contributed by atoms with Gasteiger partial charge in [-0.05, 0) is 52.2 Å². The van der Waals surface area contributed by atoms with Crippen LogP contribution in [0.1, 0.15) is 16.8 Å². The number of hydrogen-bond donors (Lipinski definition) is 2. The van der Waals surface area contributed by atoms with Crippen LogP contribution in [0.15, 0.2) is 52.2 Å². The Kier molecular flexibility index (Phi) is 7.39. The van der Waals surface area contributed by atoms with Crippen molar-refractivity contribution in [2.75, 3.05) is 7.05 Å². The maximum Gasteiger partial charge on any atom is 0.191 e. The van der Waals surface area contributed by atoms with Gasteiger partial charge < -0.3 is 15.0 Å². The number of aliphatic imine (C=N–C) groups is 1. The summed E-state index contributed by atoms with van der Waals surface area (Å²) in [5.74, 6) is 0.442. The third-order valence-corrected chi connectivity index (χ3v) is 4.29. The van der Waals surface area contributed by atoms with Gasteiger partial charge >= 0.3 is 0 Å². The lowest BCUT2D eigenvalue weighted by atomic mass is 10.1. The van der Waals surface area contributed by atoms with Crippen molar-refractivity contribution < 1.29 is 4.39 Å². The Labute approximate surface area is 177 Å². The number of halogens is 3. The Hall–Kier alpha value is -1.68. The fraction of sp³-hybridized carbons (Fsp3) is 0.222. The Balaban J connectivity index is 0.00000243. The normalized spacial score (nSPS) is 11.3. The number of fused-ring (bicyclic) bond motifs is 1. The summed E-state index contributed by atoms with van der Waals surface area (Å²) >= 11 is 3.45. The Morgan fingerprint density at radius 1 is 1.19 bits per heavy atom. The predicted molar refractivity (Wildman–Crippen MR) is 116 cm³/mol. The molecule has 3 rings (SSSR count). The molecule has 0 saturated carbocycles. The third-order valence-electron chi connectivity index (χ3n) is 3.82. The lowest BCUT2D eigenvalue weighted by Gasteiger charge is -2.11. The average molecular weight is 532 g/mol. The van der Waals surface area contributed by atoms with Crippen LogP contribution in [0.25, 0.3) is 5.65 Å². The number of nitrogens with one attached hydrogen (secondary N) is 2. The zero-order chi connectivity index (χ0) is 17.8. The largest absolute Gasteiger partial charge is 0.352 e. The van der Waals surface area contributed by atoms with Crippen LogP contribution in [0.3, 0.4) is 0 Å². The van der Waals surface area contributed by atoms with Gasteiger partial charge in [-0.25, -0.2) is 9.37 Å². The molecule has 0 bridgehead atoms. The number of benzene rings is 1. The van der Waals surface area contributed by atoms with Gasteiger partial charge in [0.25, 0.3) is 0 Å². The summed E-state index contributed by atoms with van der Waals surface area (Å²) in [4.78, 5) is 8.73. The van der Waals surface area contributed by atoms with Crippen LogP contribution in [0.2, 0.25) is 0 Å². The number of rotatable bonds is 4. The van der Waals surface area contributed by atoms with E-state index in [1.165, 1.54) is 6.07 Å². The van der Waals surface area contributed by atoms with Gasteiger partial charge in [-0.15, -0.1) is 24.0 Å². The van der Waals surface area contributed by atoms with Crippen molar-refractivity contribution in [2.45, 2.75) is 20.0 Å². The quantitative estimate of drug-likeness (QED) is 0.304. The first-order valence-corrected chi connectivity index (χ1v) is 8.67. The van der Waals surface area contributed by atoms with Gasteiger partial charge in [-0.3, -0.25) is 4.99 Å². The van der Waals surface area contributed by atoms with E-state index in [1.807, 2.05) is 35.0 Å². The minimum atomic E-state index is -0.196. The molecule has 1 aromatic carbocycles. The standard InChI is InChI=1S/C18H19BrFN5.HI/c1-12-3-4-13(7-16(12)20)8-22-18(21-2)23-9-15-11-25-10-14(19)5-6-17(25)24-15;/h3-7,10-11H,8-9H2,1-2H3,(H2,21,22,23);1H. The molecule has 0 saturated heterocycles. The summed E-state index contributed by atoms with van der Waals surface area (Å²) in [7, 11) is 1.70. The maximum atomic E-state index is 13.6. The summed E-state index contributed by atoms with van der Waals surface area (Å²) in [6, 6.07) is 9.12. The summed E-state index contributed by atoms with van der Waals surface area (Å²) in [6.07, 6.45) is 3.93.